The van der Waals surface area contributed by atoms with Crippen molar-refractivity contribution in [1.82, 2.24) is 0 Å². The molecule has 0 aromatic heterocycles. The van der Waals surface area contributed by atoms with Crippen molar-refractivity contribution in [3.8, 4) is 0 Å². The lowest BCUT2D eigenvalue weighted by atomic mass is 11.8. The molecule has 0 nitrogen and oxygen atoms in total. The van der Waals surface area contributed by atoms with E-state index in [-0.39, 0.29) is 0 Å². The fourth-order valence-electron chi connectivity index (χ4n) is 0. The first-order valence-electron chi connectivity index (χ1n) is 2.94. The van der Waals surface area contributed by atoms with Gasteiger partial charge in [0.25, 0.3) is 0 Å². The van der Waals surface area contributed by atoms with Crippen LogP contribution in [0.1, 0.15) is 0 Å². The fraction of sp³-hybridized carbons (Fsp3) is 1.00. The van der Waals surface area contributed by atoms with Gasteiger partial charge in [0.15, 0.2) is 0 Å². The largest absolute Gasteiger partial charge is 0.0725 e. The van der Waals surface area contributed by atoms with Crippen LogP contribution in [0.2, 0.25) is 17.9 Å². The lowest BCUT2D eigenvalue weighted by Crippen LogP contribution is -2.33. The lowest BCUT2D eigenvalue weighted by Gasteiger charge is -2.19. The summed E-state index contributed by atoms with van der Waals surface area (Å²) in [5, 5.41) is 0. The molecule has 0 aliphatic carbocycles. The van der Waals surface area contributed by atoms with Crippen LogP contribution in [-0.2, 0) is 0 Å². The molecule has 7 heavy (non-hydrogen) atoms. The highest BCUT2D eigenvalue weighted by atomic mass is 29.2. The van der Waals surface area contributed by atoms with Crippen LogP contribution < -0.4 is 0 Å². The van der Waals surface area contributed by atoms with Crippen LogP contribution in [-0.4, -0.2) is 37.8 Å². The molecule has 0 amide bonds. The molecule has 0 rings (SSSR count). The molecule has 0 aromatic carbocycles. The van der Waals surface area contributed by atoms with Gasteiger partial charge in [0.1, 0.15) is 0 Å². The van der Waals surface area contributed by atoms with Crippen molar-refractivity contribution in [3.63, 3.8) is 0 Å². The molecule has 0 fully saturated rings. The highest BCUT2D eigenvalue weighted by molar-refractivity contribution is 7.21. The van der Waals surface area contributed by atoms with E-state index in [9.17, 15) is 0 Å². The Kier molecular flexibility index (Phi) is 2.73. The van der Waals surface area contributed by atoms with Gasteiger partial charge < -0.3 is 0 Å². The van der Waals surface area contributed by atoms with Crippen molar-refractivity contribution < 1.29 is 0 Å². The van der Waals surface area contributed by atoms with Gasteiger partial charge in [-0.25, -0.2) is 0 Å². The van der Waals surface area contributed by atoms with E-state index in [2.05, 4.69) is 13.1 Å². The van der Waals surface area contributed by atoms with Gasteiger partial charge in [0.2, 0.25) is 0 Å². The molecule has 0 aliphatic rings. The zero-order valence-electron chi connectivity index (χ0n) is 6.08. The van der Waals surface area contributed by atoms with E-state index in [1.54, 1.807) is 0 Å². The van der Waals surface area contributed by atoms with Crippen molar-refractivity contribution in [1.29, 1.82) is 0 Å². The predicted molar refractivity (Wildman–Crippen MR) is 51.0 cm³/mol. The first-order valence-corrected chi connectivity index (χ1v) is 11.8. The average Bonchev–Trinajstić information content (AvgIpc) is 1.31. The van der Waals surface area contributed by atoms with E-state index in [0.717, 1.165) is 0 Å². The van der Waals surface area contributed by atoms with Crippen LogP contribution in [0.4, 0.5) is 0 Å². The lowest BCUT2D eigenvalue weighted by molar-refractivity contribution is 1.67. The predicted octanol–water partition coefficient (Wildman–Crippen LogP) is -2.43. The standard InChI is InChI=1S/C3H16Si4/c1-7(2,6)3(4)5/h3H,1-2,4-6H3. The van der Waals surface area contributed by atoms with Crippen molar-refractivity contribution in [2.45, 2.75) is 17.9 Å². The summed E-state index contributed by atoms with van der Waals surface area (Å²) < 4.78 is 0. The molecule has 4 heteroatoms. The molecule has 44 valence electrons. The number of hydrogen-bond donors (Lipinski definition) is 0. The van der Waals surface area contributed by atoms with Crippen LogP contribution in [0.25, 0.3) is 0 Å². The minimum atomic E-state index is -0.472. The summed E-state index contributed by atoms with van der Waals surface area (Å²) in [7, 11) is 4.02. The van der Waals surface area contributed by atoms with E-state index in [0.29, 0.717) is 0 Å². The van der Waals surface area contributed by atoms with E-state index < -0.39 is 7.59 Å². The van der Waals surface area contributed by atoms with Crippen molar-refractivity contribution in [3.05, 3.63) is 0 Å². The third-order valence-electron chi connectivity index (χ3n) is 1.73. The van der Waals surface area contributed by atoms with Crippen LogP contribution >= 0.6 is 0 Å². The normalized spacial score (nSPS) is 18.0. The Hall–Kier alpha value is 0.868. The molecule has 0 aromatic rings. The van der Waals surface area contributed by atoms with Crippen LogP contribution in [0, 0.1) is 0 Å². The van der Waals surface area contributed by atoms with E-state index in [1.807, 2.05) is 0 Å². The van der Waals surface area contributed by atoms with Gasteiger partial charge >= 0.3 is 0 Å². The van der Waals surface area contributed by atoms with Crippen LogP contribution in [0.15, 0.2) is 0 Å². The zero-order chi connectivity index (χ0) is 6.08. The second-order valence-electron chi connectivity index (χ2n) is 3.52. The van der Waals surface area contributed by atoms with Gasteiger partial charge in [-0.3, -0.25) is 0 Å². The summed E-state index contributed by atoms with van der Waals surface area (Å²) in [6.07, 6.45) is 0. The minimum Gasteiger partial charge on any atom is -0.0725 e. The maximum absolute atomic E-state index is 2.53. The molecule has 0 heterocycles. The Morgan fingerprint density at radius 2 is 1.43 bits per heavy atom. The molecule has 0 radical (unpaired) electrons. The summed E-state index contributed by atoms with van der Waals surface area (Å²) in [6.45, 7) is 5.06. The van der Waals surface area contributed by atoms with Gasteiger partial charge in [0.05, 0.1) is 0 Å². The van der Waals surface area contributed by atoms with Gasteiger partial charge in [-0.1, -0.05) is 17.9 Å². The van der Waals surface area contributed by atoms with Crippen molar-refractivity contribution >= 4 is 37.8 Å². The van der Waals surface area contributed by atoms with Gasteiger partial charge in [-0.2, -0.15) is 0 Å². The van der Waals surface area contributed by atoms with Gasteiger partial charge in [-0.05, 0) is 30.2 Å². The van der Waals surface area contributed by atoms with Crippen LogP contribution in [0.5, 0.6) is 0 Å². The summed E-state index contributed by atoms with van der Waals surface area (Å²) in [4.78, 5) is 1.28. The first-order chi connectivity index (χ1) is 2.94. The molecule has 0 saturated carbocycles. The van der Waals surface area contributed by atoms with Crippen molar-refractivity contribution in [2.24, 2.45) is 0 Å². The van der Waals surface area contributed by atoms with E-state index in [1.165, 1.54) is 35.0 Å². The Labute approximate surface area is 56.2 Å². The molecule has 0 unspecified atom stereocenters. The minimum absolute atomic E-state index is 0.472. The summed E-state index contributed by atoms with van der Waals surface area (Å²) in [5.41, 5.74) is 0. The molecule has 0 bridgehead atoms. The third-order valence-corrected chi connectivity index (χ3v) is 26.0. The first kappa shape index (κ1) is 7.87. The molecule has 0 aliphatic heterocycles. The van der Waals surface area contributed by atoms with E-state index in [4.69, 9.17) is 0 Å². The SMILES string of the molecule is C[Si](C)([SiH3])C([SiH3])[SiH3]. The number of rotatable bonds is 1. The molecule has 0 N–H and O–H groups in total. The molecule has 0 atom stereocenters. The summed E-state index contributed by atoms with van der Waals surface area (Å²) in [5.74, 6) is 0. The maximum atomic E-state index is 2.53. The topological polar surface area (TPSA) is 0 Å². The molecule has 0 spiro atoms. The van der Waals surface area contributed by atoms with Crippen molar-refractivity contribution in [2.75, 3.05) is 0 Å². The second-order valence-corrected chi connectivity index (χ2v) is 25.2. The molecular weight excluding hydrogens is 148 g/mol. The van der Waals surface area contributed by atoms with Gasteiger partial charge in [0, 0.05) is 7.59 Å². The zero-order valence-corrected chi connectivity index (χ0v) is 13.1. The van der Waals surface area contributed by atoms with Gasteiger partial charge in [-0.15, -0.1) is 0 Å². The molecule has 0 saturated heterocycles. The summed E-state index contributed by atoms with van der Waals surface area (Å²) >= 11 is 0. The molecular formula is C3H16Si4. The van der Waals surface area contributed by atoms with Crippen LogP contribution in [0.3, 0.4) is 0 Å². The quantitative estimate of drug-likeness (QED) is 0.378. The monoisotopic (exact) mass is 164 g/mol. The smallest absolute Gasteiger partial charge is 0.0265 e. The number of hydrogen-bond acceptors (Lipinski definition) is 0. The maximum Gasteiger partial charge on any atom is 0.0265 e. The third kappa shape index (κ3) is 3.45. The Morgan fingerprint density at radius 3 is 1.43 bits per heavy atom. The fourth-order valence-corrected chi connectivity index (χ4v) is 0. The Bertz CT molecular complexity index is 52.4. The van der Waals surface area contributed by atoms with E-state index >= 15 is 0 Å². The highest BCUT2D eigenvalue weighted by Crippen LogP contribution is 2.07. The average molecular weight is 165 g/mol. The Morgan fingerprint density at radius 1 is 1.29 bits per heavy atom. The summed E-state index contributed by atoms with van der Waals surface area (Å²) in [6, 6.07) is 0. The Balaban J connectivity index is 3.54. The highest BCUT2D eigenvalue weighted by Gasteiger charge is 2.16. The second kappa shape index (κ2) is 2.43.